The summed E-state index contributed by atoms with van der Waals surface area (Å²) in [6.45, 7) is 9.04. The van der Waals surface area contributed by atoms with Gasteiger partial charge in [-0.25, -0.2) is 9.37 Å². The first-order chi connectivity index (χ1) is 16.0. The number of anilines is 2. The first-order valence-corrected chi connectivity index (χ1v) is 12.1. The molecule has 8 heteroatoms. The Balaban J connectivity index is 1.47. The molecule has 3 aliphatic rings. The van der Waals surface area contributed by atoms with Crippen LogP contribution >= 0.6 is 0 Å². The number of piperazine rings is 1. The van der Waals surface area contributed by atoms with E-state index in [0.717, 1.165) is 81.1 Å². The Hall–Kier alpha value is -2.74. The summed E-state index contributed by atoms with van der Waals surface area (Å²) in [5.74, 6) is 1.76. The van der Waals surface area contributed by atoms with Gasteiger partial charge in [0, 0.05) is 57.8 Å². The number of rotatable bonds is 3. The fourth-order valence-electron chi connectivity index (χ4n) is 4.99. The van der Waals surface area contributed by atoms with Gasteiger partial charge in [-0.15, -0.1) is 0 Å². The first kappa shape index (κ1) is 22.1. The average molecular weight is 453 g/mol. The number of hydrogen-bond donors (Lipinski definition) is 0. The normalized spacial score (nSPS) is 20.2. The molecule has 33 heavy (non-hydrogen) atoms. The van der Waals surface area contributed by atoms with Gasteiger partial charge >= 0.3 is 0 Å². The topological polar surface area (TPSA) is 55.8 Å². The van der Waals surface area contributed by atoms with Crippen LogP contribution in [0.5, 0.6) is 0 Å². The third-order valence-electron chi connectivity index (χ3n) is 7.29. The standard InChI is InChI=1S/C25H33FN6O/c1-18-7-10-30(11-8-18)23-20-17-32(24(33)19-5-3-4-6-21(19)26)12-9-22(20)27-25(28-23)31-15-13-29(2)14-16-31/h3-6,18H,7-17H2,1-2H3. The molecule has 0 unspecified atom stereocenters. The van der Waals surface area contributed by atoms with Gasteiger partial charge in [-0.3, -0.25) is 4.79 Å². The molecule has 0 N–H and O–H groups in total. The van der Waals surface area contributed by atoms with E-state index >= 15 is 0 Å². The number of amides is 1. The third-order valence-corrected chi connectivity index (χ3v) is 7.29. The Morgan fingerprint density at radius 1 is 0.970 bits per heavy atom. The van der Waals surface area contributed by atoms with Crippen molar-refractivity contribution in [3.8, 4) is 0 Å². The number of hydrogen-bond acceptors (Lipinski definition) is 6. The molecular formula is C25H33FN6O. The van der Waals surface area contributed by atoms with Crippen LogP contribution in [-0.4, -0.2) is 78.5 Å². The highest BCUT2D eigenvalue weighted by atomic mass is 19.1. The maximum Gasteiger partial charge on any atom is 0.257 e. The Morgan fingerprint density at radius 3 is 2.42 bits per heavy atom. The molecule has 2 aromatic rings. The van der Waals surface area contributed by atoms with Crippen LogP contribution in [0.2, 0.25) is 0 Å². The van der Waals surface area contributed by atoms with Crippen LogP contribution in [0.4, 0.5) is 16.2 Å². The van der Waals surface area contributed by atoms with Crippen LogP contribution in [0, 0.1) is 11.7 Å². The van der Waals surface area contributed by atoms with E-state index in [-0.39, 0.29) is 11.5 Å². The second kappa shape index (κ2) is 9.25. The van der Waals surface area contributed by atoms with E-state index in [1.54, 1.807) is 23.1 Å². The lowest BCUT2D eigenvalue weighted by Crippen LogP contribution is -2.46. The minimum atomic E-state index is -0.472. The highest BCUT2D eigenvalue weighted by Gasteiger charge is 2.31. The zero-order valence-corrected chi connectivity index (χ0v) is 19.6. The van der Waals surface area contributed by atoms with Crippen LogP contribution < -0.4 is 9.80 Å². The second-order valence-corrected chi connectivity index (χ2v) is 9.69. The van der Waals surface area contributed by atoms with Crippen molar-refractivity contribution in [1.29, 1.82) is 0 Å². The summed E-state index contributed by atoms with van der Waals surface area (Å²) in [5, 5.41) is 0. The molecule has 0 atom stereocenters. The van der Waals surface area contributed by atoms with Crippen molar-refractivity contribution >= 4 is 17.7 Å². The molecule has 4 heterocycles. The van der Waals surface area contributed by atoms with E-state index in [1.165, 1.54) is 6.07 Å². The van der Waals surface area contributed by atoms with Crippen molar-refractivity contribution in [2.75, 3.05) is 62.7 Å². The SMILES string of the molecule is CC1CCN(c2nc(N3CCN(C)CC3)nc3c2CN(C(=O)c2ccccc2F)CC3)CC1. The smallest absolute Gasteiger partial charge is 0.257 e. The monoisotopic (exact) mass is 452 g/mol. The summed E-state index contributed by atoms with van der Waals surface area (Å²) in [6.07, 6.45) is 2.94. The zero-order valence-electron chi connectivity index (χ0n) is 19.6. The van der Waals surface area contributed by atoms with Gasteiger partial charge in [0.2, 0.25) is 5.95 Å². The van der Waals surface area contributed by atoms with Crippen molar-refractivity contribution in [3.63, 3.8) is 0 Å². The number of benzene rings is 1. The molecular weight excluding hydrogens is 419 g/mol. The second-order valence-electron chi connectivity index (χ2n) is 9.69. The largest absolute Gasteiger partial charge is 0.356 e. The highest BCUT2D eigenvalue weighted by Crippen LogP contribution is 2.32. The first-order valence-electron chi connectivity index (χ1n) is 12.1. The molecule has 2 fully saturated rings. The summed E-state index contributed by atoms with van der Waals surface area (Å²) in [7, 11) is 2.15. The lowest BCUT2D eigenvalue weighted by Gasteiger charge is -2.38. The molecule has 0 bridgehead atoms. The minimum absolute atomic E-state index is 0.129. The highest BCUT2D eigenvalue weighted by molar-refractivity contribution is 5.94. The average Bonchev–Trinajstić information content (AvgIpc) is 2.84. The molecule has 176 valence electrons. The number of halogens is 1. The number of likely N-dealkylation sites (N-methyl/N-ethyl adjacent to an activating group) is 1. The van der Waals surface area contributed by atoms with Gasteiger partial charge in [0.05, 0.1) is 17.8 Å². The molecule has 5 rings (SSSR count). The Kier molecular flexibility index (Phi) is 6.19. The van der Waals surface area contributed by atoms with E-state index in [2.05, 4.69) is 28.7 Å². The quantitative estimate of drug-likeness (QED) is 0.714. The predicted octanol–water partition coefficient (Wildman–Crippen LogP) is 2.80. The molecule has 0 radical (unpaired) electrons. The summed E-state index contributed by atoms with van der Waals surface area (Å²) in [6, 6.07) is 6.23. The van der Waals surface area contributed by atoms with E-state index in [0.29, 0.717) is 19.5 Å². The van der Waals surface area contributed by atoms with E-state index in [1.807, 2.05) is 0 Å². The number of carbonyl (C=O) groups is 1. The van der Waals surface area contributed by atoms with Crippen LogP contribution in [-0.2, 0) is 13.0 Å². The van der Waals surface area contributed by atoms with E-state index in [4.69, 9.17) is 9.97 Å². The van der Waals surface area contributed by atoms with Gasteiger partial charge in [-0.1, -0.05) is 19.1 Å². The molecule has 0 saturated carbocycles. The van der Waals surface area contributed by atoms with Crippen LogP contribution in [0.1, 0.15) is 41.4 Å². The van der Waals surface area contributed by atoms with Crippen molar-refractivity contribution in [3.05, 3.63) is 46.9 Å². The zero-order chi connectivity index (χ0) is 22.9. The number of fused-ring (bicyclic) bond motifs is 1. The van der Waals surface area contributed by atoms with E-state index in [9.17, 15) is 9.18 Å². The number of aromatic nitrogens is 2. The lowest BCUT2D eigenvalue weighted by molar-refractivity contribution is 0.0729. The molecule has 7 nitrogen and oxygen atoms in total. The maximum absolute atomic E-state index is 14.3. The predicted molar refractivity (Wildman–Crippen MR) is 127 cm³/mol. The van der Waals surface area contributed by atoms with Crippen molar-refractivity contribution in [1.82, 2.24) is 19.8 Å². The fraction of sp³-hybridized carbons (Fsp3) is 0.560. The Bertz CT molecular complexity index is 1010. The van der Waals surface area contributed by atoms with Gasteiger partial charge in [0.25, 0.3) is 5.91 Å². The lowest BCUT2D eigenvalue weighted by atomic mass is 9.98. The summed E-state index contributed by atoms with van der Waals surface area (Å²) in [4.78, 5) is 31.9. The molecule has 1 amide bonds. The van der Waals surface area contributed by atoms with Gasteiger partial charge < -0.3 is 19.6 Å². The summed E-state index contributed by atoms with van der Waals surface area (Å²) < 4.78 is 14.3. The van der Waals surface area contributed by atoms with Gasteiger partial charge in [-0.2, -0.15) is 4.98 Å². The molecule has 1 aromatic heterocycles. The molecule has 0 spiro atoms. The van der Waals surface area contributed by atoms with Gasteiger partial charge in [0.1, 0.15) is 11.6 Å². The fourth-order valence-corrected chi connectivity index (χ4v) is 4.99. The van der Waals surface area contributed by atoms with Crippen LogP contribution in [0.15, 0.2) is 24.3 Å². The maximum atomic E-state index is 14.3. The van der Waals surface area contributed by atoms with Crippen molar-refractivity contribution in [2.24, 2.45) is 5.92 Å². The number of piperidine rings is 1. The Labute approximate surface area is 195 Å². The van der Waals surface area contributed by atoms with Gasteiger partial charge in [0.15, 0.2) is 0 Å². The van der Waals surface area contributed by atoms with Gasteiger partial charge in [-0.05, 0) is 37.9 Å². The molecule has 2 saturated heterocycles. The Morgan fingerprint density at radius 2 is 1.70 bits per heavy atom. The van der Waals surface area contributed by atoms with E-state index < -0.39 is 5.82 Å². The molecule has 0 aliphatic carbocycles. The number of carbonyl (C=O) groups excluding carboxylic acids is 1. The molecule has 1 aromatic carbocycles. The number of nitrogens with zero attached hydrogens (tertiary/aromatic N) is 6. The van der Waals surface area contributed by atoms with Crippen LogP contribution in [0.25, 0.3) is 0 Å². The minimum Gasteiger partial charge on any atom is -0.356 e. The van der Waals surface area contributed by atoms with Crippen LogP contribution in [0.3, 0.4) is 0 Å². The molecule has 3 aliphatic heterocycles. The summed E-state index contributed by atoms with van der Waals surface area (Å²) >= 11 is 0. The summed E-state index contributed by atoms with van der Waals surface area (Å²) in [5.41, 5.74) is 2.19. The van der Waals surface area contributed by atoms with Crippen molar-refractivity contribution in [2.45, 2.75) is 32.7 Å². The third kappa shape index (κ3) is 4.53. The van der Waals surface area contributed by atoms with Crippen molar-refractivity contribution < 1.29 is 9.18 Å².